The van der Waals surface area contributed by atoms with Crippen molar-refractivity contribution in [3.05, 3.63) is 0 Å². The molecular weight excluding hydrogens is 124 g/mol. The van der Waals surface area contributed by atoms with Gasteiger partial charge in [-0.1, -0.05) is 0 Å². The highest BCUT2D eigenvalue weighted by molar-refractivity contribution is 5.02. The molecule has 4 rings (SSSR count). The number of hydrogen-bond acceptors (Lipinski definition) is 2. The molecule has 2 aliphatic heterocycles. The van der Waals surface area contributed by atoms with Gasteiger partial charge in [-0.05, 0) is 37.5 Å². The summed E-state index contributed by atoms with van der Waals surface area (Å²) in [6.07, 6.45) is 5.53. The lowest BCUT2D eigenvalue weighted by molar-refractivity contribution is 0.0421. The molecule has 0 aromatic carbocycles. The van der Waals surface area contributed by atoms with E-state index in [1.807, 2.05) is 0 Å². The van der Waals surface area contributed by atoms with Crippen LogP contribution in [0.15, 0.2) is 10.2 Å². The van der Waals surface area contributed by atoms with Gasteiger partial charge in [0.1, 0.15) is 0 Å². The number of rotatable bonds is 0. The lowest BCUT2D eigenvalue weighted by Crippen LogP contribution is -2.48. The molecule has 0 aromatic heterocycles. The molecule has 2 saturated carbocycles. The van der Waals surface area contributed by atoms with E-state index in [2.05, 4.69) is 10.2 Å². The number of fused-ring (bicyclic) bond motifs is 1. The summed E-state index contributed by atoms with van der Waals surface area (Å²) in [6, 6.07) is 1.28. The predicted octanol–water partition coefficient (Wildman–Crippen LogP) is 2.01. The second-order valence-electron chi connectivity index (χ2n) is 3.85. The highest BCUT2D eigenvalue weighted by Crippen LogP contribution is 2.50. The van der Waals surface area contributed by atoms with Crippen molar-refractivity contribution in [1.29, 1.82) is 0 Å². The Morgan fingerprint density at radius 2 is 1.20 bits per heavy atom. The van der Waals surface area contributed by atoms with Crippen molar-refractivity contribution in [2.75, 3.05) is 0 Å². The first-order valence-corrected chi connectivity index (χ1v) is 4.35. The second kappa shape index (κ2) is 1.60. The minimum Gasteiger partial charge on any atom is -0.190 e. The topological polar surface area (TPSA) is 24.7 Å². The van der Waals surface area contributed by atoms with E-state index >= 15 is 0 Å². The van der Waals surface area contributed by atoms with Gasteiger partial charge < -0.3 is 0 Å². The number of hydrogen-bond donors (Lipinski definition) is 0. The van der Waals surface area contributed by atoms with Crippen LogP contribution in [0.5, 0.6) is 0 Å². The van der Waals surface area contributed by atoms with Gasteiger partial charge in [-0.15, -0.1) is 0 Å². The summed E-state index contributed by atoms with van der Waals surface area (Å²) in [5.41, 5.74) is 0. The zero-order valence-corrected chi connectivity index (χ0v) is 6.03. The van der Waals surface area contributed by atoms with Crippen molar-refractivity contribution >= 4 is 0 Å². The van der Waals surface area contributed by atoms with Crippen molar-refractivity contribution in [3.63, 3.8) is 0 Å². The number of azo groups is 1. The molecule has 2 heteroatoms. The van der Waals surface area contributed by atoms with E-state index in [9.17, 15) is 0 Å². The molecule has 4 atom stereocenters. The molecule has 0 aromatic rings. The molecule has 10 heavy (non-hydrogen) atoms. The first-order valence-electron chi connectivity index (χ1n) is 4.35. The van der Waals surface area contributed by atoms with E-state index in [-0.39, 0.29) is 0 Å². The molecule has 2 fully saturated rings. The standard InChI is InChI=1S/C8H12N2/c1-2-6-5(1)7-3-4-8(6)10-9-7/h5-8H,1-4H2/t5-,6-,7-,8-/m1/s1. The minimum absolute atomic E-state index is 0.642. The third kappa shape index (κ3) is 0.468. The summed E-state index contributed by atoms with van der Waals surface area (Å²) < 4.78 is 0. The van der Waals surface area contributed by atoms with Crippen LogP contribution in [0.4, 0.5) is 0 Å². The second-order valence-corrected chi connectivity index (χ2v) is 3.85. The van der Waals surface area contributed by atoms with Crippen LogP contribution in [-0.2, 0) is 0 Å². The van der Waals surface area contributed by atoms with Crippen molar-refractivity contribution in [2.45, 2.75) is 37.8 Å². The summed E-state index contributed by atoms with van der Waals surface area (Å²) in [6.45, 7) is 0. The van der Waals surface area contributed by atoms with Crippen LogP contribution in [0.3, 0.4) is 0 Å². The van der Waals surface area contributed by atoms with Crippen molar-refractivity contribution in [3.8, 4) is 0 Å². The van der Waals surface area contributed by atoms with Crippen molar-refractivity contribution in [2.24, 2.45) is 22.1 Å². The molecule has 2 bridgehead atoms. The van der Waals surface area contributed by atoms with Crippen molar-refractivity contribution < 1.29 is 0 Å². The van der Waals surface area contributed by atoms with Crippen LogP contribution in [0.25, 0.3) is 0 Å². The van der Waals surface area contributed by atoms with Gasteiger partial charge >= 0.3 is 0 Å². The van der Waals surface area contributed by atoms with Gasteiger partial charge in [0.25, 0.3) is 0 Å². The molecule has 0 N–H and O–H groups in total. The fourth-order valence-electron chi connectivity index (χ4n) is 2.73. The van der Waals surface area contributed by atoms with Gasteiger partial charge in [-0.2, -0.15) is 10.2 Å². The largest absolute Gasteiger partial charge is 0.190 e. The third-order valence-corrected chi connectivity index (χ3v) is 3.49. The smallest absolute Gasteiger partial charge is 0.0740 e. The minimum atomic E-state index is 0.642. The Morgan fingerprint density at radius 3 is 1.40 bits per heavy atom. The van der Waals surface area contributed by atoms with Gasteiger partial charge in [0, 0.05) is 0 Å². The van der Waals surface area contributed by atoms with Gasteiger partial charge in [-0.3, -0.25) is 0 Å². The van der Waals surface area contributed by atoms with Gasteiger partial charge in [-0.25, -0.2) is 0 Å². The van der Waals surface area contributed by atoms with E-state index < -0.39 is 0 Å². The first-order chi connectivity index (χ1) is 4.95. The fourth-order valence-corrected chi connectivity index (χ4v) is 2.73. The highest BCUT2D eigenvalue weighted by atomic mass is 15.2. The van der Waals surface area contributed by atoms with Gasteiger partial charge in [0.05, 0.1) is 12.1 Å². The molecular formula is C8H12N2. The quantitative estimate of drug-likeness (QED) is 0.486. The average Bonchev–Trinajstić information content (AvgIpc) is 1.88. The number of nitrogens with zero attached hydrogens (tertiary/aromatic N) is 2. The van der Waals surface area contributed by atoms with Crippen LogP contribution >= 0.6 is 0 Å². The Kier molecular flexibility index (Phi) is 0.846. The maximum absolute atomic E-state index is 4.31. The van der Waals surface area contributed by atoms with E-state index in [1.165, 1.54) is 25.7 Å². The molecule has 0 saturated heterocycles. The average molecular weight is 136 g/mol. The van der Waals surface area contributed by atoms with Gasteiger partial charge in [0.2, 0.25) is 0 Å². The Morgan fingerprint density at radius 1 is 0.700 bits per heavy atom. The van der Waals surface area contributed by atoms with Crippen LogP contribution in [0.1, 0.15) is 25.7 Å². The molecule has 54 valence electrons. The van der Waals surface area contributed by atoms with Crippen molar-refractivity contribution in [1.82, 2.24) is 0 Å². The first kappa shape index (κ1) is 5.28. The van der Waals surface area contributed by atoms with Crippen LogP contribution in [0, 0.1) is 11.8 Å². The molecule has 0 radical (unpaired) electrons. The zero-order chi connectivity index (χ0) is 6.55. The lowest BCUT2D eigenvalue weighted by atomic mass is 9.60. The summed E-state index contributed by atoms with van der Waals surface area (Å²) >= 11 is 0. The summed E-state index contributed by atoms with van der Waals surface area (Å²) in [5, 5.41) is 8.61. The van der Waals surface area contributed by atoms with Crippen LogP contribution in [-0.4, -0.2) is 12.1 Å². The van der Waals surface area contributed by atoms with Gasteiger partial charge in [0.15, 0.2) is 0 Å². The SMILES string of the molecule is C1C[C@@H]2[C@@H]1[C@H]1CC[C@H]2N=N1. The van der Waals surface area contributed by atoms with E-state index in [1.54, 1.807) is 0 Å². The Hall–Kier alpha value is -0.400. The fraction of sp³-hybridized carbons (Fsp3) is 1.00. The van der Waals surface area contributed by atoms with Crippen LogP contribution in [0.2, 0.25) is 0 Å². The molecule has 0 spiro atoms. The summed E-state index contributed by atoms with van der Waals surface area (Å²) in [4.78, 5) is 0. The summed E-state index contributed by atoms with van der Waals surface area (Å²) in [7, 11) is 0. The molecule has 0 amide bonds. The van der Waals surface area contributed by atoms with E-state index in [0.717, 1.165) is 11.8 Å². The lowest BCUT2D eigenvalue weighted by Gasteiger charge is -2.49. The molecule has 2 nitrogen and oxygen atoms in total. The molecule has 4 aliphatic rings. The normalized spacial score (nSPS) is 56.0. The maximum atomic E-state index is 4.31. The molecule has 0 unspecified atom stereocenters. The Balaban J connectivity index is 1.98. The zero-order valence-electron chi connectivity index (χ0n) is 6.03. The molecule has 2 heterocycles. The highest BCUT2D eigenvalue weighted by Gasteiger charge is 2.48. The van der Waals surface area contributed by atoms with E-state index in [0.29, 0.717) is 12.1 Å². The third-order valence-electron chi connectivity index (χ3n) is 3.49. The van der Waals surface area contributed by atoms with Crippen LogP contribution < -0.4 is 0 Å². The Labute approximate surface area is 60.7 Å². The molecule has 2 aliphatic carbocycles. The summed E-state index contributed by atoms with van der Waals surface area (Å²) in [5.74, 6) is 1.91. The monoisotopic (exact) mass is 136 g/mol. The maximum Gasteiger partial charge on any atom is 0.0740 e. The Bertz CT molecular complexity index is 168. The predicted molar refractivity (Wildman–Crippen MR) is 37.9 cm³/mol. The van der Waals surface area contributed by atoms with E-state index in [4.69, 9.17) is 0 Å².